The van der Waals surface area contributed by atoms with E-state index in [1.807, 2.05) is 7.05 Å². The lowest BCUT2D eigenvalue weighted by atomic mass is 10.1. The van der Waals surface area contributed by atoms with E-state index in [2.05, 4.69) is 60.3 Å². The second-order valence-corrected chi connectivity index (χ2v) is 5.41. The zero-order valence-electron chi connectivity index (χ0n) is 12.0. The summed E-state index contributed by atoms with van der Waals surface area (Å²) in [4.78, 5) is 4.91. The molecule has 2 atom stereocenters. The predicted octanol–water partition coefficient (Wildman–Crippen LogP) is 2.11. The van der Waals surface area contributed by atoms with Crippen LogP contribution >= 0.6 is 0 Å². The Morgan fingerprint density at radius 1 is 1.22 bits per heavy atom. The molecule has 0 aliphatic carbocycles. The Morgan fingerprint density at radius 3 is 2.44 bits per heavy atom. The van der Waals surface area contributed by atoms with Crippen molar-refractivity contribution >= 4 is 5.69 Å². The molecule has 1 fully saturated rings. The largest absolute Gasteiger partial charge is 0.366 e. The molecule has 0 bridgehead atoms. The van der Waals surface area contributed by atoms with E-state index in [1.54, 1.807) is 0 Å². The normalized spacial score (nSPS) is 23.1. The highest BCUT2D eigenvalue weighted by molar-refractivity contribution is 5.49. The molecular weight excluding hydrogens is 222 g/mol. The van der Waals surface area contributed by atoms with Crippen molar-refractivity contribution in [3.05, 3.63) is 29.8 Å². The van der Waals surface area contributed by atoms with Gasteiger partial charge in [0.2, 0.25) is 0 Å². The Kier molecular flexibility index (Phi) is 4.25. The minimum absolute atomic E-state index is 0.420. The van der Waals surface area contributed by atoms with Gasteiger partial charge in [0.1, 0.15) is 0 Å². The van der Waals surface area contributed by atoms with Gasteiger partial charge in [0.05, 0.1) is 0 Å². The first-order chi connectivity index (χ1) is 8.61. The maximum Gasteiger partial charge on any atom is 0.0389 e. The lowest BCUT2D eigenvalue weighted by Crippen LogP contribution is -2.50. The maximum absolute atomic E-state index is 3.27. The standard InChI is InChI=1S/C15H25N3/c1-12-11-17(4)9-10-18(12)15-7-5-14(6-8-15)13(2)16-3/h5-8,12-13,16H,9-11H2,1-4H3. The number of rotatable bonds is 3. The van der Waals surface area contributed by atoms with E-state index in [9.17, 15) is 0 Å². The van der Waals surface area contributed by atoms with Crippen molar-refractivity contribution in [3.8, 4) is 0 Å². The molecule has 0 aromatic heterocycles. The maximum atomic E-state index is 3.27. The molecule has 1 aromatic rings. The van der Waals surface area contributed by atoms with Crippen molar-refractivity contribution in [3.63, 3.8) is 0 Å². The van der Waals surface area contributed by atoms with Gasteiger partial charge in [-0.1, -0.05) is 12.1 Å². The van der Waals surface area contributed by atoms with Crippen molar-refractivity contribution < 1.29 is 0 Å². The third kappa shape index (κ3) is 2.85. The van der Waals surface area contributed by atoms with Gasteiger partial charge >= 0.3 is 0 Å². The van der Waals surface area contributed by atoms with E-state index >= 15 is 0 Å². The van der Waals surface area contributed by atoms with Gasteiger partial charge in [-0.25, -0.2) is 0 Å². The molecule has 1 N–H and O–H groups in total. The van der Waals surface area contributed by atoms with Crippen molar-refractivity contribution in [2.75, 3.05) is 38.6 Å². The third-order valence-corrected chi connectivity index (χ3v) is 3.99. The summed E-state index contributed by atoms with van der Waals surface area (Å²) in [5, 5.41) is 3.27. The van der Waals surface area contributed by atoms with E-state index in [1.165, 1.54) is 11.3 Å². The van der Waals surface area contributed by atoms with Crippen molar-refractivity contribution in [2.24, 2.45) is 0 Å². The number of nitrogens with one attached hydrogen (secondary N) is 1. The van der Waals surface area contributed by atoms with Crippen LogP contribution in [-0.4, -0.2) is 44.7 Å². The Labute approximate surface area is 111 Å². The fraction of sp³-hybridized carbons (Fsp3) is 0.600. The summed E-state index contributed by atoms with van der Waals surface area (Å²) in [5.41, 5.74) is 2.70. The van der Waals surface area contributed by atoms with E-state index in [-0.39, 0.29) is 0 Å². The van der Waals surface area contributed by atoms with Gasteiger partial charge in [-0.2, -0.15) is 0 Å². The molecule has 2 unspecified atom stereocenters. The first-order valence-electron chi connectivity index (χ1n) is 6.84. The fourth-order valence-electron chi connectivity index (χ4n) is 2.64. The molecule has 1 heterocycles. The first kappa shape index (κ1) is 13.4. The summed E-state index contributed by atoms with van der Waals surface area (Å²) in [7, 11) is 4.20. The van der Waals surface area contributed by atoms with Gasteiger partial charge in [-0.15, -0.1) is 0 Å². The SMILES string of the molecule is CNC(C)c1ccc(N2CCN(C)CC2C)cc1. The van der Waals surface area contributed by atoms with Gasteiger partial charge in [0, 0.05) is 37.4 Å². The number of anilines is 1. The second-order valence-electron chi connectivity index (χ2n) is 5.41. The van der Waals surface area contributed by atoms with E-state index in [0.717, 1.165) is 19.6 Å². The average Bonchev–Trinajstić information content (AvgIpc) is 2.38. The van der Waals surface area contributed by atoms with E-state index in [0.29, 0.717) is 12.1 Å². The van der Waals surface area contributed by atoms with Crippen LogP contribution in [0.25, 0.3) is 0 Å². The third-order valence-electron chi connectivity index (χ3n) is 3.99. The number of likely N-dealkylation sites (N-methyl/N-ethyl adjacent to an activating group) is 1. The Hall–Kier alpha value is -1.06. The predicted molar refractivity (Wildman–Crippen MR) is 78.2 cm³/mol. The molecule has 1 saturated heterocycles. The second kappa shape index (κ2) is 5.72. The Balaban J connectivity index is 2.09. The van der Waals surface area contributed by atoms with Crippen LogP contribution in [0.15, 0.2) is 24.3 Å². The van der Waals surface area contributed by atoms with Gasteiger partial charge in [-0.3, -0.25) is 0 Å². The Bertz CT molecular complexity index is 374. The smallest absolute Gasteiger partial charge is 0.0389 e. The fourth-order valence-corrected chi connectivity index (χ4v) is 2.64. The zero-order valence-corrected chi connectivity index (χ0v) is 12.0. The monoisotopic (exact) mass is 247 g/mol. The van der Waals surface area contributed by atoms with Crippen LogP contribution < -0.4 is 10.2 Å². The molecule has 1 aliphatic heterocycles. The van der Waals surface area contributed by atoms with Gasteiger partial charge in [0.15, 0.2) is 0 Å². The van der Waals surface area contributed by atoms with Crippen LogP contribution in [0.5, 0.6) is 0 Å². The molecule has 0 amide bonds. The van der Waals surface area contributed by atoms with Gasteiger partial charge in [-0.05, 0) is 45.6 Å². The van der Waals surface area contributed by atoms with Crippen LogP contribution in [0, 0.1) is 0 Å². The highest BCUT2D eigenvalue weighted by Gasteiger charge is 2.21. The molecular formula is C15H25N3. The topological polar surface area (TPSA) is 18.5 Å². The van der Waals surface area contributed by atoms with Crippen LogP contribution in [0.3, 0.4) is 0 Å². The Morgan fingerprint density at radius 2 is 1.89 bits per heavy atom. The summed E-state index contributed by atoms with van der Waals surface area (Å²) in [6.07, 6.45) is 0. The molecule has 0 spiro atoms. The van der Waals surface area contributed by atoms with E-state index in [4.69, 9.17) is 0 Å². The number of piperazine rings is 1. The molecule has 18 heavy (non-hydrogen) atoms. The summed E-state index contributed by atoms with van der Waals surface area (Å²) in [6, 6.07) is 10.00. The molecule has 1 aromatic carbocycles. The summed E-state index contributed by atoms with van der Waals surface area (Å²) in [6.45, 7) is 7.92. The molecule has 1 aliphatic rings. The highest BCUT2D eigenvalue weighted by atomic mass is 15.3. The minimum Gasteiger partial charge on any atom is -0.366 e. The molecule has 3 heteroatoms. The molecule has 0 saturated carbocycles. The molecule has 0 radical (unpaired) electrons. The number of hydrogen-bond donors (Lipinski definition) is 1. The summed E-state index contributed by atoms with van der Waals surface area (Å²) in [5.74, 6) is 0. The lowest BCUT2D eigenvalue weighted by Gasteiger charge is -2.40. The van der Waals surface area contributed by atoms with Gasteiger partial charge < -0.3 is 15.1 Å². The average molecular weight is 247 g/mol. The van der Waals surface area contributed by atoms with Gasteiger partial charge in [0.25, 0.3) is 0 Å². The summed E-state index contributed by atoms with van der Waals surface area (Å²) >= 11 is 0. The summed E-state index contributed by atoms with van der Waals surface area (Å²) < 4.78 is 0. The van der Waals surface area contributed by atoms with Crippen LogP contribution in [0.1, 0.15) is 25.5 Å². The zero-order chi connectivity index (χ0) is 13.1. The molecule has 100 valence electrons. The quantitative estimate of drug-likeness (QED) is 0.882. The first-order valence-corrected chi connectivity index (χ1v) is 6.84. The lowest BCUT2D eigenvalue weighted by molar-refractivity contribution is 0.275. The molecule has 3 nitrogen and oxygen atoms in total. The molecule has 2 rings (SSSR count). The van der Waals surface area contributed by atoms with Crippen molar-refractivity contribution in [1.29, 1.82) is 0 Å². The van der Waals surface area contributed by atoms with Crippen molar-refractivity contribution in [2.45, 2.75) is 25.9 Å². The van der Waals surface area contributed by atoms with Crippen LogP contribution in [0.2, 0.25) is 0 Å². The highest BCUT2D eigenvalue weighted by Crippen LogP contribution is 2.22. The minimum atomic E-state index is 0.420. The number of hydrogen-bond acceptors (Lipinski definition) is 3. The van der Waals surface area contributed by atoms with Crippen LogP contribution in [0.4, 0.5) is 5.69 Å². The number of nitrogens with zero attached hydrogens (tertiary/aromatic N) is 2. The number of benzene rings is 1. The van der Waals surface area contributed by atoms with E-state index < -0.39 is 0 Å². The van der Waals surface area contributed by atoms with Crippen LogP contribution in [-0.2, 0) is 0 Å². The van der Waals surface area contributed by atoms with Crippen molar-refractivity contribution in [1.82, 2.24) is 10.2 Å².